The summed E-state index contributed by atoms with van der Waals surface area (Å²) in [6, 6.07) is -5.48. The molecule has 34 heavy (non-hydrogen) atoms. The molecule has 0 spiro atoms. The summed E-state index contributed by atoms with van der Waals surface area (Å²) in [5, 5.41) is 16.0. The van der Waals surface area contributed by atoms with Crippen molar-refractivity contribution in [1.82, 2.24) is 16.0 Å². The van der Waals surface area contributed by atoms with Gasteiger partial charge in [0, 0.05) is 12.8 Å². The van der Waals surface area contributed by atoms with Crippen LogP contribution in [0.15, 0.2) is 0 Å². The summed E-state index contributed by atoms with van der Waals surface area (Å²) in [6.07, 6.45) is -1.60. The second kappa shape index (κ2) is 14.4. The fourth-order valence-electron chi connectivity index (χ4n) is 2.71. The minimum absolute atomic E-state index is 0.124. The van der Waals surface area contributed by atoms with Gasteiger partial charge in [-0.3, -0.25) is 28.8 Å². The molecule has 0 fully saturated rings. The zero-order valence-corrected chi connectivity index (χ0v) is 19.0. The van der Waals surface area contributed by atoms with Crippen molar-refractivity contribution in [2.24, 2.45) is 28.9 Å². The first kappa shape index (κ1) is 30.2. The minimum Gasteiger partial charge on any atom is -0.480 e. The molecule has 0 heterocycles. The zero-order valence-electron chi connectivity index (χ0n) is 19.0. The number of nitrogens with one attached hydrogen (secondary N) is 3. The van der Waals surface area contributed by atoms with Crippen LogP contribution in [0.25, 0.3) is 0 Å². The molecule has 0 saturated carbocycles. The van der Waals surface area contributed by atoms with Crippen molar-refractivity contribution in [3.05, 3.63) is 0 Å². The van der Waals surface area contributed by atoms with Crippen LogP contribution in [-0.4, -0.2) is 70.7 Å². The number of carbonyl (C=O) groups excluding carboxylic acids is 6. The Morgan fingerprint density at radius 2 is 1.18 bits per heavy atom. The van der Waals surface area contributed by atoms with Gasteiger partial charge < -0.3 is 44.0 Å². The predicted octanol–water partition coefficient (Wildman–Crippen LogP) is -4.08. The van der Waals surface area contributed by atoms with E-state index in [0.717, 1.165) is 0 Å². The highest BCUT2D eigenvalue weighted by Crippen LogP contribution is 2.06. The molecule has 0 aliphatic rings. The van der Waals surface area contributed by atoms with Crippen molar-refractivity contribution in [2.45, 2.75) is 70.1 Å². The number of carbonyl (C=O) groups is 7. The third-order valence-electron chi connectivity index (χ3n) is 4.62. The van der Waals surface area contributed by atoms with E-state index in [9.17, 15) is 38.7 Å². The molecule has 4 atom stereocenters. The van der Waals surface area contributed by atoms with Gasteiger partial charge in [-0.05, 0) is 18.8 Å². The summed E-state index contributed by atoms with van der Waals surface area (Å²) in [4.78, 5) is 82.5. The Bertz CT molecular complexity index is 802. The molecule has 0 rings (SSSR count). The maximum absolute atomic E-state index is 12.8. The Kier molecular flexibility index (Phi) is 12.8. The number of amides is 6. The van der Waals surface area contributed by atoms with Crippen LogP contribution >= 0.6 is 0 Å². The highest BCUT2D eigenvalue weighted by molar-refractivity contribution is 5.96. The van der Waals surface area contributed by atoms with Gasteiger partial charge in [-0.25, -0.2) is 4.79 Å². The van der Waals surface area contributed by atoms with E-state index in [4.69, 9.17) is 22.9 Å². The number of hydrogen-bond donors (Lipinski definition) is 8. The van der Waals surface area contributed by atoms with Crippen molar-refractivity contribution in [3.8, 4) is 0 Å². The maximum Gasteiger partial charge on any atom is 0.326 e. The van der Waals surface area contributed by atoms with Gasteiger partial charge in [0.15, 0.2) is 0 Å². The summed E-state index contributed by atoms with van der Waals surface area (Å²) in [5.74, 6) is -7.08. The number of hydrogen-bond acceptors (Lipinski definition) is 8. The lowest BCUT2D eigenvalue weighted by Crippen LogP contribution is -2.58. The smallest absolute Gasteiger partial charge is 0.326 e. The summed E-state index contributed by atoms with van der Waals surface area (Å²) < 4.78 is 0. The predicted molar refractivity (Wildman–Crippen MR) is 117 cm³/mol. The number of nitrogens with two attached hydrogens (primary N) is 4. The van der Waals surface area contributed by atoms with E-state index in [1.165, 1.54) is 0 Å². The Morgan fingerprint density at radius 1 is 0.706 bits per heavy atom. The highest BCUT2D eigenvalue weighted by atomic mass is 16.4. The summed E-state index contributed by atoms with van der Waals surface area (Å²) in [6.45, 7) is 3.10. The van der Waals surface area contributed by atoms with Crippen LogP contribution in [0, 0.1) is 5.92 Å². The topological polar surface area (TPSA) is 280 Å². The van der Waals surface area contributed by atoms with Crippen LogP contribution in [0.3, 0.4) is 0 Å². The lowest BCUT2D eigenvalue weighted by Gasteiger charge is -2.25. The van der Waals surface area contributed by atoms with Crippen LogP contribution in [0.4, 0.5) is 0 Å². The number of carboxylic acid groups (broad SMARTS) is 1. The molecule has 192 valence electrons. The van der Waals surface area contributed by atoms with Crippen molar-refractivity contribution in [1.29, 1.82) is 0 Å². The largest absolute Gasteiger partial charge is 0.480 e. The number of carboxylic acids is 1. The van der Waals surface area contributed by atoms with Gasteiger partial charge in [-0.1, -0.05) is 13.8 Å². The first-order valence-electron chi connectivity index (χ1n) is 10.4. The second-order valence-corrected chi connectivity index (χ2v) is 7.98. The molecule has 6 amide bonds. The van der Waals surface area contributed by atoms with E-state index in [0.29, 0.717) is 0 Å². The summed E-state index contributed by atoms with van der Waals surface area (Å²) in [7, 11) is 0. The van der Waals surface area contributed by atoms with Crippen LogP contribution in [0.1, 0.15) is 46.0 Å². The van der Waals surface area contributed by atoms with Crippen LogP contribution in [0.2, 0.25) is 0 Å². The molecule has 0 saturated heterocycles. The van der Waals surface area contributed by atoms with E-state index < -0.39 is 77.9 Å². The van der Waals surface area contributed by atoms with Crippen molar-refractivity contribution < 1.29 is 38.7 Å². The SMILES string of the molecule is CC(C)C(NC(=O)C(CCC(N)=O)NC(=O)C(CC(N)=O)NC(=O)C(N)CCC(N)=O)C(=O)O. The van der Waals surface area contributed by atoms with Gasteiger partial charge in [0.05, 0.1) is 12.5 Å². The Labute approximate surface area is 195 Å². The fourth-order valence-corrected chi connectivity index (χ4v) is 2.71. The highest BCUT2D eigenvalue weighted by Gasteiger charge is 2.32. The van der Waals surface area contributed by atoms with Gasteiger partial charge >= 0.3 is 5.97 Å². The molecule has 15 heteroatoms. The maximum atomic E-state index is 12.8. The Hall–Kier alpha value is -3.75. The van der Waals surface area contributed by atoms with E-state index in [2.05, 4.69) is 16.0 Å². The van der Waals surface area contributed by atoms with Gasteiger partial charge in [-0.15, -0.1) is 0 Å². The molecular formula is C19H33N7O8. The van der Waals surface area contributed by atoms with Crippen molar-refractivity contribution in [3.63, 3.8) is 0 Å². The quantitative estimate of drug-likeness (QED) is 0.105. The minimum atomic E-state index is -1.55. The van der Waals surface area contributed by atoms with Gasteiger partial charge in [-0.2, -0.15) is 0 Å². The fraction of sp³-hybridized carbons (Fsp3) is 0.632. The molecule has 12 N–H and O–H groups in total. The normalized spacial score (nSPS) is 14.2. The molecule has 4 unspecified atom stereocenters. The monoisotopic (exact) mass is 487 g/mol. The van der Waals surface area contributed by atoms with Crippen LogP contribution in [0.5, 0.6) is 0 Å². The van der Waals surface area contributed by atoms with Gasteiger partial charge in [0.25, 0.3) is 0 Å². The van der Waals surface area contributed by atoms with Crippen LogP contribution in [-0.2, 0) is 33.6 Å². The average Bonchev–Trinajstić information content (AvgIpc) is 2.70. The molecule has 0 aliphatic carbocycles. The van der Waals surface area contributed by atoms with Gasteiger partial charge in [0.1, 0.15) is 18.1 Å². The standard InChI is InChI=1S/C19H33N7O8/c1-8(2)15(19(33)34)26-17(31)10(4-6-13(22)28)24-18(32)11(7-14(23)29)25-16(30)9(20)3-5-12(21)27/h8-11,15H,3-7,20H2,1-2H3,(H2,21,27)(H2,22,28)(H2,23,29)(H,24,32)(H,25,30)(H,26,31)(H,33,34). The van der Waals surface area contributed by atoms with E-state index >= 15 is 0 Å². The molecule has 0 bridgehead atoms. The molecular weight excluding hydrogens is 454 g/mol. The third kappa shape index (κ3) is 11.8. The first-order valence-corrected chi connectivity index (χ1v) is 10.4. The molecule has 0 aromatic carbocycles. The molecule has 0 aliphatic heterocycles. The molecule has 0 aromatic heterocycles. The molecule has 15 nitrogen and oxygen atoms in total. The zero-order chi connectivity index (χ0) is 26.6. The third-order valence-corrected chi connectivity index (χ3v) is 4.62. The molecule has 0 aromatic rings. The lowest BCUT2D eigenvalue weighted by atomic mass is 10.0. The Balaban J connectivity index is 5.56. The molecule has 0 radical (unpaired) electrons. The van der Waals surface area contributed by atoms with E-state index in [1.807, 2.05) is 0 Å². The van der Waals surface area contributed by atoms with Crippen molar-refractivity contribution in [2.75, 3.05) is 0 Å². The first-order chi connectivity index (χ1) is 15.6. The number of aliphatic carboxylic acids is 1. The summed E-state index contributed by atoms with van der Waals surface area (Å²) >= 11 is 0. The van der Waals surface area contributed by atoms with E-state index in [-0.39, 0.29) is 25.7 Å². The number of primary amides is 3. The Morgan fingerprint density at radius 3 is 1.62 bits per heavy atom. The second-order valence-electron chi connectivity index (χ2n) is 7.98. The summed E-state index contributed by atoms with van der Waals surface area (Å²) in [5.41, 5.74) is 20.9. The van der Waals surface area contributed by atoms with Crippen LogP contribution < -0.4 is 38.9 Å². The van der Waals surface area contributed by atoms with Crippen molar-refractivity contribution >= 4 is 41.4 Å². The number of rotatable bonds is 16. The lowest BCUT2D eigenvalue weighted by molar-refractivity contribution is -0.143. The van der Waals surface area contributed by atoms with E-state index in [1.54, 1.807) is 13.8 Å². The van der Waals surface area contributed by atoms with Gasteiger partial charge in [0.2, 0.25) is 35.4 Å². The average molecular weight is 488 g/mol.